The number of carbonyl (C=O) groups is 3. The maximum atomic E-state index is 12.7. The number of amides is 4. The van der Waals surface area contributed by atoms with Gasteiger partial charge in [0.2, 0.25) is 11.8 Å². The molecule has 27 heavy (non-hydrogen) atoms. The average Bonchev–Trinajstić information content (AvgIpc) is 3.04. The fraction of sp³-hybridized carbons (Fsp3) is 0.526. The number of hydrogen-bond donors (Lipinski definition) is 3. The molecule has 3 N–H and O–H groups in total. The van der Waals surface area contributed by atoms with Gasteiger partial charge in [-0.25, -0.2) is 4.79 Å². The second-order valence-corrected chi connectivity index (χ2v) is 8.34. The molecule has 0 bridgehead atoms. The number of urea groups is 1. The van der Waals surface area contributed by atoms with Gasteiger partial charge in [0, 0.05) is 17.1 Å². The predicted molar refractivity (Wildman–Crippen MR) is 106 cm³/mol. The molecule has 2 fully saturated rings. The number of thioether (sulfide) groups is 1. The maximum absolute atomic E-state index is 12.7. The Balaban J connectivity index is 1.57. The highest BCUT2D eigenvalue weighted by Gasteiger charge is 2.46. The minimum absolute atomic E-state index is 0.0503. The van der Waals surface area contributed by atoms with Crippen LogP contribution in [0.1, 0.15) is 26.7 Å². The van der Waals surface area contributed by atoms with Crippen molar-refractivity contribution in [1.82, 2.24) is 15.5 Å². The van der Waals surface area contributed by atoms with Gasteiger partial charge in [-0.2, -0.15) is 0 Å². The molecule has 0 unspecified atom stereocenters. The second-order valence-electron chi connectivity index (χ2n) is 7.46. The van der Waals surface area contributed by atoms with Crippen LogP contribution in [0.5, 0.6) is 0 Å². The van der Waals surface area contributed by atoms with Crippen molar-refractivity contribution < 1.29 is 14.4 Å². The third kappa shape index (κ3) is 4.55. The quantitative estimate of drug-likeness (QED) is 0.671. The molecule has 0 spiro atoms. The summed E-state index contributed by atoms with van der Waals surface area (Å²) in [7, 11) is 0. The molecule has 0 aliphatic carbocycles. The smallest absolute Gasteiger partial charge is 0.319 e. The normalized spacial score (nSPS) is 24.6. The summed E-state index contributed by atoms with van der Waals surface area (Å²) in [5, 5.41) is 8.51. The number of anilines is 1. The molecule has 2 saturated heterocycles. The summed E-state index contributed by atoms with van der Waals surface area (Å²) in [4.78, 5) is 40.0. The van der Waals surface area contributed by atoms with E-state index in [1.54, 1.807) is 16.7 Å². The van der Waals surface area contributed by atoms with E-state index < -0.39 is 12.1 Å². The molecule has 7 nitrogen and oxygen atoms in total. The van der Waals surface area contributed by atoms with Crippen molar-refractivity contribution >= 4 is 35.3 Å². The topological polar surface area (TPSA) is 90.5 Å². The lowest BCUT2D eigenvalue weighted by Crippen LogP contribution is -2.61. The number of carbonyl (C=O) groups excluding carboxylic acids is 3. The van der Waals surface area contributed by atoms with Crippen LogP contribution >= 0.6 is 11.8 Å². The Hall–Kier alpha value is -2.22. The van der Waals surface area contributed by atoms with Crippen molar-refractivity contribution in [1.29, 1.82) is 0 Å². The molecule has 0 aromatic heterocycles. The van der Waals surface area contributed by atoms with E-state index in [9.17, 15) is 14.4 Å². The van der Waals surface area contributed by atoms with Gasteiger partial charge in [0.05, 0.1) is 6.04 Å². The lowest BCUT2D eigenvalue weighted by atomic mass is 9.99. The lowest BCUT2D eigenvalue weighted by Gasteiger charge is -2.35. The number of nitrogens with one attached hydrogen (secondary N) is 3. The van der Waals surface area contributed by atoms with Gasteiger partial charge < -0.3 is 20.9 Å². The van der Waals surface area contributed by atoms with Gasteiger partial charge in [-0.3, -0.25) is 9.59 Å². The van der Waals surface area contributed by atoms with Crippen molar-refractivity contribution in [3.63, 3.8) is 0 Å². The Morgan fingerprint density at radius 3 is 2.63 bits per heavy atom. The van der Waals surface area contributed by atoms with Crippen molar-refractivity contribution in [2.45, 2.75) is 49.7 Å². The Labute approximate surface area is 163 Å². The summed E-state index contributed by atoms with van der Waals surface area (Å²) in [5.74, 6) is 0.138. The van der Waals surface area contributed by atoms with Crippen LogP contribution in [0.4, 0.5) is 10.5 Å². The van der Waals surface area contributed by atoms with Crippen LogP contribution in [0.15, 0.2) is 29.2 Å². The zero-order chi connectivity index (χ0) is 19.6. The summed E-state index contributed by atoms with van der Waals surface area (Å²) in [6.07, 6.45) is 3.05. The minimum Gasteiger partial charge on any atom is -0.342 e. The van der Waals surface area contributed by atoms with Crippen LogP contribution in [-0.2, 0) is 9.59 Å². The van der Waals surface area contributed by atoms with Gasteiger partial charge >= 0.3 is 6.03 Å². The van der Waals surface area contributed by atoms with E-state index in [0.29, 0.717) is 31.0 Å². The number of piperazine rings is 1. The molecule has 0 saturated carbocycles. The van der Waals surface area contributed by atoms with Crippen LogP contribution < -0.4 is 16.0 Å². The van der Waals surface area contributed by atoms with Gasteiger partial charge in [-0.05, 0) is 49.3 Å². The molecule has 146 valence electrons. The molecule has 0 radical (unpaired) electrons. The first-order valence-electron chi connectivity index (χ1n) is 9.19. The summed E-state index contributed by atoms with van der Waals surface area (Å²) in [6, 6.07) is 6.04. The van der Waals surface area contributed by atoms with Crippen molar-refractivity contribution in [2.24, 2.45) is 5.92 Å². The molecule has 2 aliphatic rings. The molecular formula is C19H26N4O3S. The standard InChI is InChI=1S/C19H26N4O3S/c1-11(2)8-15-18(25)23-10-13(9-16(23)17(24)22-15)21-19(26)20-12-4-6-14(27-3)7-5-12/h4-7,11,13,15-16H,8-10H2,1-3H3,(H,22,24)(H2,20,21,26)/t13-,15+,16-/m0/s1. The zero-order valence-corrected chi connectivity index (χ0v) is 16.6. The van der Waals surface area contributed by atoms with Gasteiger partial charge in [-0.15, -0.1) is 11.8 Å². The highest BCUT2D eigenvalue weighted by Crippen LogP contribution is 2.25. The summed E-state index contributed by atoms with van der Waals surface area (Å²) in [6.45, 7) is 4.41. The zero-order valence-electron chi connectivity index (χ0n) is 15.8. The summed E-state index contributed by atoms with van der Waals surface area (Å²) < 4.78 is 0. The molecule has 1 aromatic rings. The maximum Gasteiger partial charge on any atom is 0.319 e. The molecule has 4 amide bonds. The Kier molecular flexibility index (Phi) is 5.94. The van der Waals surface area contributed by atoms with Crippen LogP contribution in [0.25, 0.3) is 0 Å². The highest BCUT2D eigenvalue weighted by molar-refractivity contribution is 7.98. The van der Waals surface area contributed by atoms with Crippen molar-refractivity contribution in [2.75, 3.05) is 18.1 Å². The third-order valence-electron chi connectivity index (χ3n) is 4.89. The number of fused-ring (bicyclic) bond motifs is 1. The van der Waals surface area contributed by atoms with Gasteiger partial charge in [0.25, 0.3) is 0 Å². The van der Waals surface area contributed by atoms with Gasteiger partial charge in [0.1, 0.15) is 12.1 Å². The monoisotopic (exact) mass is 390 g/mol. The molecule has 8 heteroatoms. The summed E-state index contributed by atoms with van der Waals surface area (Å²) in [5.41, 5.74) is 0.701. The number of rotatable bonds is 5. The van der Waals surface area contributed by atoms with E-state index in [1.807, 2.05) is 44.4 Å². The Bertz CT molecular complexity index is 722. The van der Waals surface area contributed by atoms with Crippen LogP contribution in [0.2, 0.25) is 0 Å². The Morgan fingerprint density at radius 1 is 1.30 bits per heavy atom. The van der Waals surface area contributed by atoms with Crippen molar-refractivity contribution in [3.8, 4) is 0 Å². The first-order chi connectivity index (χ1) is 12.9. The first-order valence-corrected chi connectivity index (χ1v) is 10.4. The average molecular weight is 391 g/mol. The second kappa shape index (κ2) is 8.21. The van der Waals surface area contributed by atoms with E-state index in [4.69, 9.17) is 0 Å². The molecule has 2 heterocycles. The van der Waals surface area contributed by atoms with Crippen LogP contribution in [0, 0.1) is 5.92 Å². The predicted octanol–water partition coefficient (Wildman–Crippen LogP) is 2.04. The molecule has 3 atom stereocenters. The number of hydrogen-bond acceptors (Lipinski definition) is 4. The van der Waals surface area contributed by atoms with Gasteiger partial charge in [-0.1, -0.05) is 13.8 Å². The molecule has 3 rings (SSSR count). The highest BCUT2D eigenvalue weighted by atomic mass is 32.2. The van der Waals surface area contributed by atoms with E-state index in [-0.39, 0.29) is 23.9 Å². The molecule has 2 aliphatic heterocycles. The molecular weight excluding hydrogens is 364 g/mol. The largest absolute Gasteiger partial charge is 0.342 e. The molecule has 1 aromatic carbocycles. The lowest BCUT2D eigenvalue weighted by molar-refractivity contribution is -0.147. The van der Waals surface area contributed by atoms with Crippen LogP contribution in [0.3, 0.4) is 0 Å². The first kappa shape index (κ1) is 19.5. The van der Waals surface area contributed by atoms with E-state index in [0.717, 1.165) is 4.90 Å². The number of nitrogens with zero attached hydrogens (tertiary/aromatic N) is 1. The van der Waals surface area contributed by atoms with Gasteiger partial charge in [0.15, 0.2) is 0 Å². The Morgan fingerprint density at radius 2 is 2.00 bits per heavy atom. The van der Waals surface area contributed by atoms with E-state index >= 15 is 0 Å². The third-order valence-corrected chi connectivity index (χ3v) is 5.64. The fourth-order valence-corrected chi connectivity index (χ4v) is 4.03. The minimum atomic E-state index is -0.493. The van der Waals surface area contributed by atoms with Crippen LogP contribution in [-0.4, -0.2) is 53.7 Å². The van der Waals surface area contributed by atoms with E-state index in [2.05, 4.69) is 16.0 Å². The fourth-order valence-electron chi connectivity index (χ4n) is 3.62. The van der Waals surface area contributed by atoms with Crippen molar-refractivity contribution in [3.05, 3.63) is 24.3 Å². The number of benzene rings is 1. The summed E-state index contributed by atoms with van der Waals surface area (Å²) >= 11 is 1.63. The van der Waals surface area contributed by atoms with E-state index in [1.165, 1.54) is 0 Å². The SMILES string of the molecule is CSc1ccc(NC(=O)N[C@H]2C[C@H]3C(=O)N[C@H](CC(C)C)C(=O)N3C2)cc1.